The van der Waals surface area contributed by atoms with Crippen LogP contribution in [0.2, 0.25) is 0 Å². The van der Waals surface area contributed by atoms with Gasteiger partial charge in [0.25, 0.3) is 0 Å². The molecule has 3 aromatic rings. The highest BCUT2D eigenvalue weighted by Crippen LogP contribution is 2.21. The van der Waals surface area contributed by atoms with Crippen LogP contribution in [0.25, 0.3) is 5.65 Å². The van der Waals surface area contributed by atoms with Gasteiger partial charge in [0.1, 0.15) is 11.2 Å². The molecule has 6 nitrogen and oxygen atoms in total. The number of imidazole rings is 1. The Morgan fingerprint density at radius 2 is 2.15 bits per heavy atom. The van der Waals surface area contributed by atoms with Crippen molar-refractivity contribution >= 4 is 46.9 Å². The number of thiophene rings is 1. The Kier molecular flexibility index (Phi) is 7.63. The van der Waals surface area contributed by atoms with Gasteiger partial charge in [-0.05, 0) is 55.3 Å². The van der Waals surface area contributed by atoms with Crippen LogP contribution in [0.15, 0.2) is 46.2 Å². The van der Waals surface area contributed by atoms with Crippen molar-refractivity contribution < 1.29 is 5.11 Å². The van der Waals surface area contributed by atoms with Crippen molar-refractivity contribution in [2.75, 3.05) is 13.1 Å². The van der Waals surface area contributed by atoms with Gasteiger partial charge in [-0.3, -0.25) is 0 Å². The van der Waals surface area contributed by atoms with Crippen LogP contribution in [0.4, 0.5) is 0 Å². The van der Waals surface area contributed by atoms with Crippen molar-refractivity contribution in [1.82, 2.24) is 20.0 Å². The third kappa shape index (κ3) is 5.43. The summed E-state index contributed by atoms with van der Waals surface area (Å²) in [6, 6.07) is 7.99. The lowest BCUT2D eigenvalue weighted by Crippen LogP contribution is -2.44. The Balaban J connectivity index is 0.00000261. The van der Waals surface area contributed by atoms with Crippen molar-refractivity contribution in [2.45, 2.75) is 32.9 Å². The van der Waals surface area contributed by atoms with Crippen molar-refractivity contribution in [1.29, 1.82) is 0 Å². The number of guanidine groups is 1. The number of halogens is 1. The smallest absolute Gasteiger partial charge is 0.191 e. The Labute approximate surface area is 180 Å². The second-order valence-electron chi connectivity index (χ2n) is 6.46. The first-order valence-electron chi connectivity index (χ1n) is 8.70. The average Bonchev–Trinajstić information content (AvgIpc) is 3.28. The molecule has 0 aliphatic heterocycles. The summed E-state index contributed by atoms with van der Waals surface area (Å²) in [5.74, 6) is 0.664. The van der Waals surface area contributed by atoms with Crippen LogP contribution in [0, 0.1) is 6.92 Å². The maximum absolute atomic E-state index is 10.6. The summed E-state index contributed by atoms with van der Waals surface area (Å²) in [5.41, 5.74) is 2.93. The fraction of sp³-hybridized carbons (Fsp3) is 0.368. The number of aliphatic imine (C=N–C) groups is 1. The quantitative estimate of drug-likeness (QED) is 0.277. The van der Waals surface area contributed by atoms with Gasteiger partial charge >= 0.3 is 0 Å². The van der Waals surface area contributed by atoms with Crippen molar-refractivity contribution in [3.8, 4) is 0 Å². The lowest BCUT2D eigenvalue weighted by molar-refractivity contribution is 0.0621. The van der Waals surface area contributed by atoms with Crippen molar-refractivity contribution in [2.24, 2.45) is 4.99 Å². The highest BCUT2D eigenvalue weighted by atomic mass is 127. The molecule has 0 radical (unpaired) electrons. The molecule has 0 saturated carbocycles. The van der Waals surface area contributed by atoms with E-state index in [0.29, 0.717) is 19.0 Å². The number of nitrogens with zero attached hydrogens (tertiary/aromatic N) is 3. The van der Waals surface area contributed by atoms with E-state index < -0.39 is 5.60 Å². The molecule has 0 aliphatic rings. The summed E-state index contributed by atoms with van der Waals surface area (Å²) in [7, 11) is 0. The van der Waals surface area contributed by atoms with Crippen LogP contribution in [0.3, 0.4) is 0 Å². The minimum absolute atomic E-state index is 0. The normalized spacial score (nSPS) is 13.9. The first kappa shape index (κ1) is 21.6. The molecule has 0 amide bonds. The van der Waals surface area contributed by atoms with Crippen LogP contribution in [0.5, 0.6) is 0 Å². The van der Waals surface area contributed by atoms with E-state index in [2.05, 4.69) is 38.0 Å². The maximum atomic E-state index is 10.6. The Hall–Kier alpha value is -1.65. The maximum Gasteiger partial charge on any atom is 0.191 e. The molecule has 3 heterocycles. The predicted molar refractivity (Wildman–Crippen MR) is 122 cm³/mol. The van der Waals surface area contributed by atoms with E-state index >= 15 is 0 Å². The molecule has 3 aromatic heterocycles. The summed E-state index contributed by atoms with van der Waals surface area (Å²) < 4.78 is 2.06. The molecule has 0 saturated heterocycles. The van der Waals surface area contributed by atoms with Gasteiger partial charge in [0.2, 0.25) is 0 Å². The minimum Gasteiger partial charge on any atom is -0.384 e. The molecule has 8 heteroatoms. The van der Waals surface area contributed by atoms with Gasteiger partial charge in [-0.25, -0.2) is 9.98 Å². The second-order valence-corrected chi connectivity index (χ2v) is 7.24. The van der Waals surface area contributed by atoms with Crippen LogP contribution < -0.4 is 10.6 Å². The predicted octanol–water partition coefficient (Wildman–Crippen LogP) is 3.29. The molecule has 27 heavy (non-hydrogen) atoms. The third-order valence-electron chi connectivity index (χ3n) is 4.23. The number of pyridine rings is 1. The average molecular weight is 499 g/mol. The number of rotatable bonds is 6. The highest BCUT2D eigenvalue weighted by molar-refractivity contribution is 14.0. The number of aryl methyl sites for hydroxylation is 1. The summed E-state index contributed by atoms with van der Waals surface area (Å²) in [4.78, 5) is 9.21. The first-order valence-corrected chi connectivity index (χ1v) is 9.64. The molecule has 0 fully saturated rings. The number of nitrogens with one attached hydrogen (secondary N) is 2. The van der Waals surface area contributed by atoms with Gasteiger partial charge in [-0.1, -0.05) is 6.07 Å². The molecule has 3 rings (SSSR count). The van der Waals surface area contributed by atoms with E-state index in [9.17, 15) is 5.11 Å². The van der Waals surface area contributed by atoms with Crippen LogP contribution in [-0.2, 0) is 12.1 Å². The highest BCUT2D eigenvalue weighted by Gasteiger charge is 2.23. The number of aromatic nitrogens is 2. The largest absolute Gasteiger partial charge is 0.384 e. The number of hydrogen-bond acceptors (Lipinski definition) is 4. The summed E-state index contributed by atoms with van der Waals surface area (Å²) in [5, 5.41) is 21.0. The van der Waals surface area contributed by atoms with E-state index in [0.717, 1.165) is 29.1 Å². The van der Waals surface area contributed by atoms with E-state index in [1.54, 1.807) is 18.3 Å². The molecule has 146 valence electrons. The molecule has 0 spiro atoms. The van der Waals surface area contributed by atoms with Gasteiger partial charge in [-0.15, -0.1) is 24.0 Å². The third-order valence-corrected chi connectivity index (χ3v) is 4.92. The molecule has 3 N–H and O–H groups in total. The molecule has 0 aliphatic carbocycles. The van der Waals surface area contributed by atoms with Gasteiger partial charge in [0.15, 0.2) is 5.96 Å². The summed E-state index contributed by atoms with van der Waals surface area (Å²) >= 11 is 1.58. The zero-order chi connectivity index (χ0) is 18.6. The fourth-order valence-electron chi connectivity index (χ4n) is 2.71. The fourth-order valence-corrected chi connectivity index (χ4v) is 3.49. The van der Waals surface area contributed by atoms with E-state index in [-0.39, 0.29) is 24.0 Å². The monoisotopic (exact) mass is 499 g/mol. The van der Waals surface area contributed by atoms with Gasteiger partial charge in [-0.2, -0.15) is 11.3 Å². The van der Waals surface area contributed by atoms with Gasteiger partial charge < -0.3 is 20.1 Å². The lowest BCUT2D eigenvalue weighted by Gasteiger charge is -2.24. The first-order chi connectivity index (χ1) is 12.5. The second kappa shape index (κ2) is 9.52. The Bertz CT molecular complexity index is 889. The molecular weight excluding hydrogens is 473 g/mol. The number of hydrogen-bond donors (Lipinski definition) is 3. The SMILES string of the molecule is CCNC(=NCc1cn2c(C)cccc2n1)NCC(C)(O)c1ccsc1.I. The van der Waals surface area contributed by atoms with Crippen molar-refractivity contribution in [3.63, 3.8) is 0 Å². The lowest BCUT2D eigenvalue weighted by atomic mass is 9.99. The molecule has 0 bridgehead atoms. The summed E-state index contributed by atoms with van der Waals surface area (Å²) in [6.07, 6.45) is 2.01. The molecule has 0 aromatic carbocycles. The number of aliphatic hydroxyl groups is 1. The molecular formula is C19H26IN5OS. The zero-order valence-electron chi connectivity index (χ0n) is 15.8. The van der Waals surface area contributed by atoms with E-state index in [1.807, 2.05) is 42.1 Å². The Morgan fingerprint density at radius 1 is 1.33 bits per heavy atom. The van der Waals surface area contributed by atoms with Gasteiger partial charge in [0, 0.05) is 18.4 Å². The van der Waals surface area contributed by atoms with Crippen LogP contribution in [-0.4, -0.2) is 33.5 Å². The Morgan fingerprint density at radius 3 is 2.81 bits per heavy atom. The summed E-state index contributed by atoms with van der Waals surface area (Å²) in [6.45, 7) is 7.46. The number of fused-ring (bicyclic) bond motifs is 1. The van der Waals surface area contributed by atoms with Gasteiger partial charge in [0.05, 0.1) is 18.8 Å². The van der Waals surface area contributed by atoms with E-state index in [4.69, 9.17) is 0 Å². The standard InChI is InChI=1S/C19H25N5OS.HI/c1-4-20-18(22-13-19(3,25)15-8-9-26-12-15)21-10-16-11-24-14(2)6-5-7-17(24)23-16;/h5-9,11-12,25H,4,10,13H2,1-3H3,(H2,20,21,22);1H. The van der Waals surface area contributed by atoms with Crippen LogP contribution >= 0.6 is 35.3 Å². The zero-order valence-corrected chi connectivity index (χ0v) is 18.9. The topological polar surface area (TPSA) is 74.0 Å². The van der Waals surface area contributed by atoms with E-state index in [1.165, 1.54) is 0 Å². The molecule has 1 unspecified atom stereocenters. The van der Waals surface area contributed by atoms with Crippen LogP contribution in [0.1, 0.15) is 30.8 Å². The minimum atomic E-state index is -0.948. The molecule has 1 atom stereocenters. The van der Waals surface area contributed by atoms with Crippen molar-refractivity contribution in [3.05, 3.63) is 58.2 Å².